The molecule has 0 saturated heterocycles. The van der Waals surface area contributed by atoms with Crippen LogP contribution in [0.4, 0.5) is 0 Å². The van der Waals surface area contributed by atoms with E-state index in [0.717, 1.165) is 0 Å². The summed E-state index contributed by atoms with van der Waals surface area (Å²) in [5, 5.41) is 0. The standard InChI is InChI=1S/Cr.6H2O/h;6*1H2. The molecule has 54 valence electrons. The molecule has 0 saturated carbocycles. The normalized spacial score (nSPS) is 0. The Morgan fingerprint density at radius 1 is 0.286 bits per heavy atom. The summed E-state index contributed by atoms with van der Waals surface area (Å²) in [5.41, 5.74) is 0. The van der Waals surface area contributed by atoms with E-state index < -0.39 is 0 Å². The number of rotatable bonds is 0. The van der Waals surface area contributed by atoms with Crippen molar-refractivity contribution in [2.24, 2.45) is 0 Å². The molecule has 7 heavy (non-hydrogen) atoms. The van der Waals surface area contributed by atoms with Crippen molar-refractivity contribution in [1.82, 2.24) is 0 Å². The van der Waals surface area contributed by atoms with Crippen molar-refractivity contribution in [3.8, 4) is 0 Å². The van der Waals surface area contributed by atoms with Gasteiger partial charge in [-0.3, -0.25) is 0 Å². The van der Waals surface area contributed by atoms with Crippen molar-refractivity contribution in [3.63, 3.8) is 0 Å². The van der Waals surface area contributed by atoms with E-state index in [0.29, 0.717) is 0 Å². The maximum atomic E-state index is 0. The van der Waals surface area contributed by atoms with Crippen LogP contribution in [0.2, 0.25) is 0 Å². The van der Waals surface area contributed by atoms with Crippen molar-refractivity contribution in [3.05, 3.63) is 0 Å². The second kappa shape index (κ2) is 2060. The molecule has 0 heterocycles. The van der Waals surface area contributed by atoms with Gasteiger partial charge in [-0.15, -0.1) is 0 Å². The Bertz CT molecular complexity index is 4.14. The fourth-order valence-corrected chi connectivity index (χ4v) is 0. The summed E-state index contributed by atoms with van der Waals surface area (Å²) in [6.07, 6.45) is 0. The second-order valence-corrected chi connectivity index (χ2v) is 0. The van der Waals surface area contributed by atoms with Crippen LogP contribution in [0.15, 0.2) is 0 Å². The average molecular weight is 160 g/mol. The topological polar surface area (TPSA) is 189 Å². The number of hydrogen-bond acceptors (Lipinski definition) is 0. The molecule has 0 radical (unpaired) electrons. The van der Waals surface area contributed by atoms with Crippen LogP contribution in [-0.2, 0) is 17.4 Å². The van der Waals surface area contributed by atoms with Gasteiger partial charge in [-0.25, -0.2) is 0 Å². The van der Waals surface area contributed by atoms with Gasteiger partial charge in [0, 0.05) is 17.4 Å². The van der Waals surface area contributed by atoms with Crippen LogP contribution in [0.1, 0.15) is 0 Å². The summed E-state index contributed by atoms with van der Waals surface area (Å²) in [4.78, 5) is 0. The molecule has 0 atom stereocenters. The minimum atomic E-state index is 0. The molecule has 0 bridgehead atoms. The smallest absolute Gasteiger partial charge is 0 e. The third-order valence-corrected chi connectivity index (χ3v) is 0. The Balaban J connectivity index is 0. The Morgan fingerprint density at radius 3 is 0.286 bits per heavy atom. The van der Waals surface area contributed by atoms with Crippen LogP contribution < -0.4 is 0 Å². The van der Waals surface area contributed by atoms with Gasteiger partial charge in [0.25, 0.3) is 0 Å². The summed E-state index contributed by atoms with van der Waals surface area (Å²) in [6.45, 7) is 0. The Hall–Kier alpha value is 0.292. The van der Waals surface area contributed by atoms with Crippen molar-refractivity contribution < 1.29 is 50.2 Å². The van der Waals surface area contributed by atoms with E-state index >= 15 is 0 Å². The summed E-state index contributed by atoms with van der Waals surface area (Å²) in [6, 6.07) is 0. The molecule has 0 aromatic rings. The van der Waals surface area contributed by atoms with Crippen LogP contribution in [0, 0.1) is 0 Å². The zero-order valence-corrected chi connectivity index (χ0v) is 4.68. The first-order chi connectivity index (χ1) is 0. The quantitative estimate of drug-likeness (QED) is 0.328. The zero-order chi connectivity index (χ0) is 0. The summed E-state index contributed by atoms with van der Waals surface area (Å²) >= 11 is 0. The van der Waals surface area contributed by atoms with Gasteiger partial charge in [-0.05, 0) is 0 Å². The first-order valence-electron chi connectivity index (χ1n) is 0. The molecule has 0 aliphatic carbocycles. The predicted molar refractivity (Wildman–Crippen MR) is 21.7 cm³/mol. The summed E-state index contributed by atoms with van der Waals surface area (Å²) in [5.74, 6) is 0. The van der Waals surface area contributed by atoms with Crippen LogP contribution in [0.5, 0.6) is 0 Å². The van der Waals surface area contributed by atoms with Gasteiger partial charge < -0.3 is 32.9 Å². The van der Waals surface area contributed by atoms with Gasteiger partial charge in [0.05, 0.1) is 0 Å². The van der Waals surface area contributed by atoms with Gasteiger partial charge in [0.15, 0.2) is 0 Å². The molecule has 0 amide bonds. The molecule has 12 N–H and O–H groups in total. The zero-order valence-electron chi connectivity index (χ0n) is 3.41. The van der Waals surface area contributed by atoms with Gasteiger partial charge in [0.2, 0.25) is 0 Å². The maximum Gasteiger partial charge on any atom is 0 e. The fraction of sp³-hybridized carbons (Fsp3) is 0. The molecular formula is H12CrO6. The minimum absolute atomic E-state index is 0. The Kier molecular flexibility index (Phi) is 994000. The molecule has 6 nitrogen and oxygen atoms in total. The molecule has 0 rings (SSSR count). The predicted octanol–water partition coefficient (Wildman–Crippen LogP) is -4.95. The molecule has 0 aliphatic rings. The van der Waals surface area contributed by atoms with Crippen LogP contribution in [0.25, 0.3) is 0 Å². The first kappa shape index (κ1) is 3380. The number of hydrogen-bond donors (Lipinski definition) is 0. The van der Waals surface area contributed by atoms with Gasteiger partial charge in [-0.2, -0.15) is 0 Å². The SMILES string of the molecule is O.O.O.O.O.O.[Cr]. The maximum absolute atomic E-state index is 0. The van der Waals surface area contributed by atoms with Gasteiger partial charge >= 0.3 is 0 Å². The largest absolute Gasteiger partial charge is 0.412 e. The molecule has 0 aromatic carbocycles. The van der Waals surface area contributed by atoms with E-state index in [1.165, 1.54) is 0 Å². The van der Waals surface area contributed by atoms with E-state index in [1.807, 2.05) is 0 Å². The van der Waals surface area contributed by atoms with Crippen molar-refractivity contribution >= 4 is 0 Å². The molecule has 0 aliphatic heterocycles. The monoisotopic (exact) mass is 160 g/mol. The summed E-state index contributed by atoms with van der Waals surface area (Å²) in [7, 11) is 0. The molecule has 0 fully saturated rings. The third-order valence-electron chi connectivity index (χ3n) is 0. The molecule has 0 aromatic heterocycles. The molecule has 0 spiro atoms. The van der Waals surface area contributed by atoms with Crippen LogP contribution in [0.3, 0.4) is 0 Å². The Labute approximate surface area is 51.1 Å². The Morgan fingerprint density at radius 2 is 0.286 bits per heavy atom. The molecule has 7 heteroatoms. The van der Waals surface area contributed by atoms with E-state index in [-0.39, 0.29) is 50.2 Å². The van der Waals surface area contributed by atoms with Crippen LogP contribution in [-0.4, -0.2) is 32.9 Å². The van der Waals surface area contributed by atoms with E-state index in [1.54, 1.807) is 0 Å². The minimum Gasteiger partial charge on any atom is -0.412 e. The first-order valence-corrected chi connectivity index (χ1v) is 0. The molecule has 0 unspecified atom stereocenters. The van der Waals surface area contributed by atoms with E-state index in [4.69, 9.17) is 0 Å². The van der Waals surface area contributed by atoms with Crippen LogP contribution >= 0.6 is 0 Å². The van der Waals surface area contributed by atoms with Crippen molar-refractivity contribution in [1.29, 1.82) is 0 Å². The van der Waals surface area contributed by atoms with E-state index in [9.17, 15) is 0 Å². The molecular weight excluding hydrogens is 148 g/mol. The second-order valence-electron chi connectivity index (χ2n) is 0. The van der Waals surface area contributed by atoms with Gasteiger partial charge in [0.1, 0.15) is 0 Å². The fourth-order valence-electron chi connectivity index (χ4n) is 0. The van der Waals surface area contributed by atoms with Crippen molar-refractivity contribution in [2.75, 3.05) is 0 Å². The van der Waals surface area contributed by atoms with Gasteiger partial charge in [-0.1, -0.05) is 0 Å². The van der Waals surface area contributed by atoms with Crippen molar-refractivity contribution in [2.45, 2.75) is 0 Å². The average Bonchev–Trinajstić information content (AvgIpc) is 0. The van der Waals surface area contributed by atoms with E-state index in [2.05, 4.69) is 0 Å². The third kappa shape index (κ3) is 1360. The summed E-state index contributed by atoms with van der Waals surface area (Å²) < 4.78 is 0.